The van der Waals surface area contributed by atoms with Gasteiger partial charge in [0.05, 0.1) is 24.5 Å². The Morgan fingerprint density at radius 1 is 1.59 bits per heavy atom. The Morgan fingerprint density at radius 2 is 2.41 bits per heavy atom. The Hall–Kier alpha value is -1.03. The molecule has 0 aliphatic carbocycles. The molecule has 3 heterocycles. The summed E-state index contributed by atoms with van der Waals surface area (Å²) in [5.74, 6) is 0.536. The Kier molecular flexibility index (Phi) is 4.49. The monoisotopic (exact) mass is 345 g/mol. The zero-order valence-electron chi connectivity index (χ0n) is 12.3. The van der Waals surface area contributed by atoms with Crippen LogP contribution in [0.15, 0.2) is 10.9 Å². The van der Waals surface area contributed by atoms with Gasteiger partial charge >= 0.3 is 0 Å². The zero-order valence-corrected chi connectivity index (χ0v) is 13.9. The summed E-state index contributed by atoms with van der Waals surface area (Å²) >= 11 is 1.41. The number of amides is 1. The van der Waals surface area contributed by atoms with E-state index in [0.29, 0.717) is 37.9 Å². The van der Waals surface area contributed by atoms with Crippen molar-refractivity contribution in [3.63, 3.8) is 0 Å². The van der Waals surface area contributed by atoms with E-state index in [-0.39, 0.29) is 17.9 Å². The van der Waals surface area contributed by atoms with Crippen molar-refractivity contribution in [2.24, 2.45) is 11.8 Å². The molecule has 0 bridgehead atoms. The molecule has 2 aliphatic rings. The number of rotatable bonds is 4. The number of ether oxygens (including phenoxy) is 1. The summed E-state index contributed by atoms with van der Waals surface area (Å²) in [4.78, 5) is 18.2. The van der Waals surface area contributed by atoms with Gasteiger partial charge in [-0.1, -0.05) is 0 Å². The molecule has 2 saturated heterocycles. The average molecular weight is 345 g/mol. The number of thiazole rings is 1. The lowest BCUT2D eigenvalue weighted by molar-refractivity contribution is 0.0612. The van der Waals surface area contributed by atoms with Crippen LogP contribution in [0.2, 0.25) is 0 Å². The van der Waals surface area contributed by atoms with Gasteiger partial charge in [-0.05, 0) is 12.3 Å². The number of hydrogen-bond donors (Lipinski definition) is 1. The molecule has 122 valence electrons. The Labute approximate surface area is 133 Å². The fourth-order valence-corrected chi connectivity index (χ4v) is 4.19. The molecule has 9 heteroatoms. The first-order valence-electron chi connectivity index (χ1n) is 7.18. The minimum absolute atomic E-state index is 0.0302. The van der Waals surface area contributed by atoms with E-state index in [1.807, 2.05) is 4.90 Å². The van der Waals surface area contributed by atoms with E-state index in [1.54, 1.807) is 10.9 Å². The molecule has 3 atom stereocenters. The van der Waals surface area contributed by atoms with Crippen LogP contribution in [0, 0.1) is 11.8 Å². The molecule has 3 rings (SSSR count). The van der Waals surface area contributed by atoms with Gasteiger partial charge in [-0.15, -0.1) is 11.3 Å². The van der Waals surface area contributed by atoms with Gasteiger partial charge in [0, 0.05) is 30.9 Å². The van der Waals surface area contributed by atoms with E-state index >= 15 is 0 Å². The van der Waals surface area contributed by atoms with Crippen molar-refractivity contribution in [1.29, 1.82) is 0 Å². The standard InChI is InChI=1S/C13H19N3O4S2/c1-22(18,19)15-4-12-10-2-3-16(5-9(10)6-20-12)13(17)11-7-21-8-14-11/h7-10,12,15H,2-6H2,1H3/t9-,10-,12-/m0/s1. The number of hydrogen-bond acceptors (Lipinski definition) is 6. The minimum atomic E-state index is -3.20. The van der Waals surface area contributed by atoms with E-state index in [1.165, 1.54) is 11.3 Å². The number of carbonyl (C=O) groups is 1. The second kappa shape index (κ2) is 6.23. The smallest absolute Gasteiger partial charge is 0.273 e. The van der Waals surface area contributed by atoms with Gasteiger partial charge in [0.15, 0.2) is 0 Å². The molecule has 0 aromatic carbocycles. The number of sulfonamides is 1. The number of likely N-dealkylation sites (tertiary alicyclic amines) is 1. The number of nitrogens with one attached hydrogen (secondary N) is 1. The van der Waals surface area contributed by atoms with Gasteiger partial charge in [0.1, 0.15) is 5.69 Å². The molecular weight excluding hydrogens is 326 g/mol. The van der Waals surface area contributed by atoms with Crippen LogP contribution in [-0.2, 0) is 14.8 Å². The van der Waals surface area contributed by atoms with Gasteiger partial charge in [0.25, 0.3) is 5.91 Å². The van der Waals surface area contributed by atoms with E-state index < -0.39 is 10.0 Å². The second-order valence-corrected chi connectivity index (χ2v) is 8.38. The van der Waals surface area contributed by atoms with Crippen LogP contribution in [-0.4, -0.2) is 62.8 Å². The van der Waals surface area contributed by atoms with E-state index in [9.17, 15) is 13.2 Å². The summed E-state index contributed by atoms with van der Waals surface area (Å²) in [5.41, 5.74) is 2.16. The number of fused-ring (bicyclic) bond motifs is 1. The van der Waals surface area contributed by atoms with Crippen LogP contribution in [0.5, 0.6) is 0 Å². The maximum atomic E-state index is 12.3. The number of piperidine rings is 1. The summed E-state index contributed by atoms with van der Waals surface area (Å²) in [6, 6.07) is 0. The van der Waals surface area contributed by atoms with E-state index in [2.05, 4.69) is 9.71 Å². The number of nitrogens with zero attached hydrogens (tertiary/aromatic N) is 2. The number of aromatic nitrogens is 1. The molecule has 7 nitrogen and oxygen atoms in total. The van der Waals surface area contributed by atoms with Crippen molar-refractivity contribution >= 4 is 27.3 Å². The van der Waals surface area contributed by atoms with Crippen molar-refractivity contribution in [2.75, 3.05) is 32.5 Å². The molecule has 0 spiro atoms. The fourth-order valence-electron chi connectivity index (χ4n) is 3.20. The molecular formula is C13H19N3O4S2. The lowest BCUT2D eigenvalue weighted by atomic mass is 9.84. The van der Waals surface area contributed by atoms with Crippen molar-refractivity contribution < 1.29 is 17.9 Å². The average Bonchev–Trinajstić information content (AvgIpc) is 3.12. The minimum Gasteiger partial charge on any atom is -0.376 e. The van der Waals surface area contributed by atoms with Crippen LogP contribution in [0.3, 0.4) is 0 Å². The molecule has 0 radical (unpaired) electrons. The van der Waals surface area contributed by atoms with Gasteiger partial charge in [-0.3, -0.25) is 4.79 Å². The molecule has 0 saturated carbocycles. The summed E-state index contributed by atoms with van der Waals surface area (Å²) in [6.07, 6.45) is 1.88. The maximum absolute atomic E-state index is 12.3. The first-order valence-corrected chi connectivity index (χ1v) is 10.0. The first-order chi connectivity index (χ1) is 10.4. The van der Waals surface area contributed by atoms with Gasteiger partial charge in [-0.25, -0.2) is 18.1 Å². The van der Waals surface area contributed by atoms with Gasteiger partial charge in [-0.2, -0.15) is 0 Å². The van der Waals surface area contributed by atoms with Crippen molar-refractivity contribution in [3.8, 4) is 0 Å². The molecule has 1 N–H and O–H groups in total. The molecule has 22 heavy (non-hydrogen) atoms. The fraction of sp³-hybridized carbons (Fsp3) is 0.692. The van der Waals surface area contributed by atoms with Crippen LogP contribution >= 0.6 is 11.3 Å². The topological polar surface area (TPSA) is 88.6 Å². The largest absolute Gasteiger partial charge is 0.376 e. The highest BCUT2D eigenvalue weighted by Crippen LogP contribution is 2.34. The third-order valence-corrected chi connectivity index (χ3v) is 5.56. The Morgan fingerprint density at radius 3 is 3.09 bits per heavy atom. The maximum Gasteiger partial charge on any atom is 0.273 e. The summed E-state index contributed by atoms with van der Waals surface area (Å²) < 4.78 is 30.6. The predicted molar refractivity (Wildman–Crippen MR) is 82.2 cm³/mol. The highest BCUT2D eigenvalue weighted by molar-refractivity contribution is 7.88. The molecule has 2 aliphatic heterocycles. The van der Waals surface area contributed by atoms with Crippen LogP contribution in [0.25, 0.3) is 0 Å². The Bertz CT molecular complexity index is 632. The summed E-state index contributed by atoms with van der Waals surface area (Å²) in [6.45, 7) is 2.19. The zero-order chi connectivity index (χ0) is 15.7. The van der Waals surface area contributed by atoms with E-state index in [0.717, 1.165) is 12.7 Å². The SMILES string of the molecule is CS(=O)(=O)NC[C@@H]1OC[C@@H]2CN(C(=O)c3cscn3)CC[C@@H]21. The van der Waals surface area contributed by atoms with Crippen LogP contribution in [0.1, 0.15) is 16.9 Å². The third-order valence-electron chi connectivity index (χ3n) is 4.28. The first kappa shape index (κ1) is 15.9. The van der Waals surface area contributed by atoms with Crippen LogP contribution in [0.4, 0.5) is 0 Å². The molecule has 1 aromatic rings. The van der Waals surface area contributed by atoms with Crippen molar-refractivity contribution in [2.45, 2.75) is 12.5 Å². The molecule has 1 aromatic heterocycles. The lowest BCUT2D eigenvalue weighted by Crippen LogP contribution is -2.46. The third kappa shape index (κ3) is 3.48. The van der Waals surface area contributed by atoms with Crippen molar-refractivity contribution in [3.05, 3.63) is 16.6 Å². The number of carbonyl (C=O) groups excluding carboxylic acids is 1. The summed E-state index contributed by atoms with van der Waals surface area (Å²) in [5, 5.41) is 1.76. The van der Waals surface area contributed by atoms with E-state index in [4.69, 9.17) is 4.74 Å². The Balaban J connectivity index is 1.58. The molecule has 0 unspecified atom stereocenters. The van der Waals surface area contributed by atoms with Crippen LogP contribution < -0.4 is 4.72 Å². The van der Waals surface area contributed by atoms with Crippen molar-refractivity contribution in [1.82, 2.24) is 14.6 Å². The second-order valence-electron chi connectivity index (χ2n) is 5.83. The highest BCUT2D eigenvalue weighted by Gasteiger charge is 2.42. The predicted octanol–water partition coefficient (Wildman–Crippen LogP) is 0.169. The van der Waals surface area contributed by atoms with Gasteiger partial charge in [0.2, 0.25) is 10.0 Å². The normalized spacial score (nSPS) is 28.6. The summed E-state index contributed by atoms with van der Waals surface area (Å²) in [7, 11) is -3.20. The van der Waals surface area contributed by atoms with Gasteiger partial charge < -0.3 is 9.64 Å². The highest BCUT2D eigenvalue weighted by atomic mass is 32.2. The molecule has 2 fully saturated rings. The quantitative estimate of drug-likeness (QED) is 0.840. The molecule has 1 amide bonds. The lowest BCUT2D eigenvalue weighted by Gasteiger charge is -2.35.